The molecule has 0 spiro atoms. The number of rotatable bonds is 7. The summed E-state index contributed by atoms with van der Waals surface area (Å²) in [6.07, 6.45) is 2.08. The van der Waals surface area contributed by atoms with Crippen LogP contribution in [-0.2, 0) is 6.42 Å². The molecular weight excluding hydrogens is 356 g/mol. The van der Waals surface area contributed by atoms with Gasteiger partial charge in [0, 0.05) is 18.1 Å². The third-order valence-electron chi connectivity index (χ3n) is 3.69. The van der Waals surface area contributed by atoms with Crippen LogP contribution in [0.4, 0.5) is 5.82 Å². The van der Waals surface area contributed by atoms with E-state index in [2.05, 4.69) is 61.9 Å². The van der Waals surface area contributed by atoms with Gasteiger partial charge in [0.1, 0.15) is 5.82 Å². The van der Waals surface area contributed by atoms with Gasteiger partial charge in [-0.05, 0) is 42.2 Å². The zero-order valence-electron chi connectivity index (χ0n) is 13.3. The van der Waals surface area contributed by atoms with Crippen molar-refractivity contribution in [3.05, 3.63) is 52.1 Å². The molecule has 0 saturated carbocycles. The highest BCUT2D eigenvalue weighted by Crippen LogP contribution is 2.17. The Labute approximate surface area is 145 Å². The number of nitrogens with one attached hydrogen (secondary N) is 2. The molecule has 1 amide bonds. The van der Waals surface area contributed by atoms with Crippen molar-refractivity contribution in [2.45, 2.75) is 19.8 Å². The first kappa shape index (κ1) is 17.4. The number of carbonyl (C=O) groups excluding carboxylic acids is 1. The van der Waals surface area contributed by atoms with Crippen molar-refractivity contribution in [2.24, 2.45) is 5.92 Å². The van der Waals surface area contributed by atoms with Crippen molar-refractivity contribution in [3.8, 4) is 0 Å². The molecule has 0 aliphatic heterocycles. The largest absolute Gasteiger partial charge is 0.368 e. The van der Waals surface area contributed by atoms with Crippen molar-refractivity contribution in [2.75, 3.05) is 18.9 Å². The fraction of sp³-hybridized carbons (Fsp3) is 0.353. The lowest BCUT2D eigenvalue weighted by molar-refractivity contribution is 0.0957. The average molecular weight is 377 g/mol. The van der Waals surface area contributed by atoms with Gasteiger partial charge >= 0.3 is 0 Å². The first-order chi connectivity index (χ1) is 11.1. The molecule has 0 fully saturated rings. The Hall–Kier alpha value is -1.95. The molecule has 23 heavy (non-hydrogen) atoms. The SMILES string of the molecule is CCC(CNc1ccc(C(=O)NC)nn1)Cc1cccc(Br)c1. The van der Waals surface area contributed by atoms with Crippen LogP contribution in [0.25, 0.3) is 0 Å². The number of benzene rings is 1. The second-order valence-corrected chi connectivity index (χ2v) is 6.29. The van der Waals surface area contributed by atoms with Gasteiger partial charge in [-0.15, -0.1) is 10.2 Å². The molecule has 0 aliphatic rings. The summed E-state index contributed by atoms with van der Waals surface area (Å²) in [5.41, 5.74) is 1.63. The predicted molar refractivity (Wildman–Crippen MR) is 95.5 cm³/mol. The first-order valence-electron chi connectivity index (χ1n) is 7.66. The van der Waals surface area contributed by atoms with E-state index in [9.17, 15) is 4.79 Å². The summed E-state index contributed by atoms with van der Waals surface area (Å²) in [6, 6.07) is 11.8. The van der Waals surface area contributed by atoms with Crippen molar-refractivity contribution in [1.29, 1.82) is 0 Å². The van der Waals surface area contributed by atoms with Crippen molar-refractivity contribution >= 4 is 27.7 Å². The highest BCUT2D eigenvalue weighted by atomic mass is 79.9. The Balaban J connectivity index is 1.91. The molecule has 0 radical (unpaired) electrons. The maximum Gasteiger partial charge on any atom is 0.271 e. The van der Waals surface area contributed by atoms with E-state index in [-0.39, 0.29) is 5.91 Å². The van der Waals surface area contributed by atoms with Gasteiger partial charge in [0.05, 0.1) is 0 Å². The highest BCUT2D eigenvalue weighted by Gasteiger charge is 2.09. The summed E-state index contributed by atoms with van der Waals surface area (Å²) in [5, 5.41) is 13.8. The Morgan fingerprint density at radius 3 is 2.70 bits per heavy atom. The molecule has 122 valence electrons. The lowest BCUT2D eigenvalue weighted by Crippen LogP contribution is -2.20. The molecule has 6 heteroatoms. The van der Waals surface area contributed by atoms with Crippen molar-refractivity contribution in [3.63, 3.8) is 0 Å². The third-order valence-corrected chi connectivity index (χ3v) is 4.18. The minimum atomic E-state index is -0.231. The molecule has 0 aliphatic carbocycles. The van der Waals surface area contributed by atoms with Gasteiger partial charge in [-0.3, -0.25) is 4.79 Å². The standard InChI is InChI=1S/C17H21BrN4O/c1-3-12(9-13-5-4-6-14(18)10-13)11-20-16-8-7-15(21-22-16)17(23)19-2/h4-8,10,12H,3,9,11H2,1-2H3,(H,19,23)(H,20,22). The molecule has 1 aromatic carbocycles. The van der Waals surface area contributed by atoms with E-state index in [1.54, 1.807) is 19.2 Å². The topological polar surface area (TPSA) is 66.9 Å². The normalized spacial score (nSPS) is 11.8. The molecule has 5 nitrogen and oxygen atoms in total. The van der Waals surface area contributed by atoms with Gasteiger partial charge in [0.25, 0.3) is 5.91 Å². The van der Waals surface area contributed by atoms with Crippen LogP contribution >= 0.6 is 15.9 Å². The number of amides is 1. The van der Waals surface area contributed by atoms with E-state index in [0.717, 1.165) is 23.9 Å². The zero-order chi connectivity index (χ0) is 16.7. The predicted octanol–water partition coefficient (Wildman–Crippen LogP) is 3.28. The van der Waals surface area contributed by atoms with Gasteiger partial charge in [0.2, 0.25) is 0 Å². The molecule has 1 aromatic heterocycles. The van der Waals surface area contributed by atoms with E-state index >= 15 is 0 Å². The molecule has 2 aromatic rings. The van der Waals surface area contributed by atoms with Gasteiger partial charge < -0.3 is 10.6 Å². The molecule has 0 bridgehead atoms. The maximum atomic E-state index is 11.4. The number of anilines is 1. The molecule has 2 N–H and O–H groups in total. The monoisotopic (exact) mass is 376 g/mol. The summed E-state index contributed by atoms with van der Waals surface area (Å²) >= 11 is 3.51. The number of halogens is 1. The number of carbonyl (C=O) groups is 1. The molecule has 1 unspecified atom stereocenters. The summed E-state index contributed by atoms with van der Waals surface area (Å²) in [6.45, 7) is 3.00. The number of nitrogens with zero attached hydrogens (tertiary/aromatic N) is 2. The summed E-state index contributed by atoms with van der Waals surface area (Å²) in [5.74, 6) is 0.959. The number of hydrogen-bond donors (Lipinski definition) is 2. The number of aromatic nitrogens is 2. The smallest absolute Gasteiger partial charge is 0.271 e. The first-order valence-corrected chi connectivity index (χ1v) is 8.45. The maximum absolute atomic E-state index is 11.4. The van der Waals surface area contributed by atoms with Crippen LogP contribution in [-0.4, -0.2) is 29.7 Å². The van der Waals surface area contributed by atoms with E-state index in [1.165, 1.54) is 5.56 Å². The van der Waals surface area contributed by atoms with E-state index < -0.39 is 0 Å². The average Bonchev–Trinajstić information content (AvgIpc) is 2.58. The van der Waals surface area contributed by atoms with Crippen molar-refractivity contribution < 1.29 is 4.79 Å². The molecule has 2 rings (SSSR count). The Morgan fingerprint density at radius 2 is 2.09 bits per heavy atom. The van der Waals surface area contributed by atoms with E-state index in [0.29, 0.717) is 17.4 Å². The molecule has 0 saturated heterocycles. The van der Waals surface area contributed by atoms with Crippen LogP contribution in [0.2, 0.25) is 0 Å². The van der Waals surface area contributed by atoms with Crippen LogP contribution in [0, 0.1) is 5.92 Å². The molecular formula is C17H21BrN4O. The lowest BCUT2D eigenvalue weighted by atomic mass is 9.97. The minimum Gasteiger partial charge on any atom is -0.368 e. The Bertz CT molecular complexity index is 645. The van der Waals surface area contributed by atoms with Crippen LogP contribution in [0.5, 0.6) is 0 Å². The van der Waals surface area contributed by atoms with Crippen LogP contribution in [0.15, 0.2) is 40.9 Å². The molecule has 1 atom stereocenters. The number of hydrogen-bond acceptors (Lipinski definition) is 4. The quantitative estimate of drug-likeness (QED) is 0.777. The van der Waals surface area contributed by atoms with E-state index in [4.69, 9.17) is 0 Å². The van der Waals surface area contributed by atoms with Gasteiger partial charge in [-0.1, -0.05) is 41.4 Å². The van der Waals surface area contributed by atoms with Gasteiger partial charge in [0.15, 0.2) is 5.69 Å². The third kappa shape index (κ3) is 5.32. The van der Waals surface area contributed by atoms with Crippen LogP contribution in [0.3, 0.4) is 0 Å². The summed E-state index contributed by atoms with van der Waals surface area (Å²) in [4.78, 5) is 11.4. The Kier molecular flexibility index (Phi) is 6.52. The molecule has 1 heterocycles. The Morgan fingerprint density at radius 1 is 1.26 bits per heavy atom. The highest BCUT2D eigenvalue weighted by molar-refractivity contribution is 9.10. The fourth-order valence-electron chi connectivity index (χ4n) is 2.28. The fourth-order valence-corrected chi connectivity index (χ4v) is 2.73. The summed E-state index contributed by atoms with van der Waals surface area (Å²) in [7, 11) is 1.57. The van der Waals surface area contributed by atoms with Crippen molar-refractivity contribution in [1.82, 2.24) is 15.5 Å². The lowest BCUT2D eigenvalue weighted by Gasteiger charge is -2.16. The van der Waals surface area contributed by atoms with Crippen LogP contribution in [0.1, 0.15) is 29.4 Å². The second kappa shape index (κ2) is 8.62. The van der Waals surface area contributed by atoms with Crippen LogP contribution < -0.4 is 10.6 Å². The minimum absolute atomic E-state index is 0.231. The van der Waals surface area contributed by atoms with Gasteiger partial charge in [-0.2, -0.15) is 0 Å². The summed E-state index contributed by atoms with van der Waals surface area (Å²) < 4.78 is 1.11. The second-order valence-electron chi connectivity index (χ2n) is 5.37. The van der Waals surface area contributed by atoms with Gasteiger partial charge in [-0.25, -0.2) is 0 Å². The van der Waals surface area contributed by atoms with E-state index in [1.807, 2.05) is 6.07 Å². The zero-order valence-corrected chi connectivity index (χ0v) is 14.9.